The van der Waals surface area contributed by atoms with Crippen LogP contribution in [0.1, 0.15) is 17.5 Å². The SMILES string of the molecule is O=C(COc1ccc(F)cc1)NCC1(O)CCc2ccccc2C1. The quantitative estimate of drug-likeness (QED) is 0.884. The van der Waals surface area contributed by atoms with Crippen molar-refractivity contribution >= 4 is 5.91 Å². The van der Waals surface area contributed by atoms with E-state index in [1.54, 1.807) is 0 Å². The van der Waals surface area contributed by atoms with Crippen molar-refractivity contribution in [3.8, 4) is 5.75 Å². The zero-order valence-corrected chi connectivity index (χ0v) is 13.3. The van der Waals surface area contributed by atoms with Gasteiger partial charge in [-0.2, -0.15) is 0 Å². The molecule has 1 unspecified atom stereocenters. The molecule has 0 saturated heterocycles. The van der Waals surface area contributed by atoms with Gasteiger partial charge in [-0.3, -0.25) is 4.79 Å². The van der Waals surface area contributed by atoms with Crippen LogP contribution in [0.25, 0.3) is 0 Å². The van der Waals surface area contributed by atoms with Crippen LogP contribution in [0.15, 0.2) is 48.5 Å². The number of ether oxygens (including phenoxy) is 1. The van der Waals surface area contributed by atoms with Crippen LogP contribution in [0.2, 0.25) is 0 Å². The van der Waals surface area contributed by atoms with Crippen LogP contribution in [0, 0.1) is 5.82 Å². The molecule has 1 amide bonds. The first-order valence-corrected chi connectivity index (χ1v) is 7.98. The van der Waals surface area contributed by atoms with Gasteiger partial charge >= 0.3 is 0 Å². The summed E-state index contributed by atoms with van der Waals surface area (Å²) in [6.07, 6.45) is 1.94. The van der Waals surface area contributed by atoms with Crippen LogP contribution >= 0.6 is 0 Å². The first kappa shape index (κ1) is 16.5. The largest absolute Gasteiger partial charge is 0.484 e. The van der Waals surface area contributed by atoms with Gasteiger partial charge in [-0.05, 0) is 48.2 Å². The van der Waals surface area contributed by atoms with E-state index in [2.05, 4.69) is 11.4 Å². The Morgan fingerprint density at radius 2 is 1.88 bits per heavy atom. The summed E-state index contributed by atoms with van der Waals surface area (Å²) in [5.41, 5.74) is 1.45. The Bertz CT molecular complexity index is 717. The normalized spacial score (nSPS) is 19.4. The van der Waals surface area contributed by atoms with E-state index in [-0.39, 0.29) is 24.9 Å². The number of aryl methyl sites for hydroxylation is 1. The molecule has 1 aliphatic carbocycles. The first-order valence-electron chi connectivity index (χ1n) is 7.98. The van der Waals surface area contributed by atoms with Crippen molar-refractivity contribution < 1.29 is 19.0 Å². The predicted octanol–water partition coefficient (Wildman–Crippen LogP) is 2.24. The Labute approximate surface area is 140 Å². The fourth-order valence-corrected chi connectivity index (χ4v) is 2.93. The Hall–Kier alpha value is -2.40. The number of aliphatic hydroxyl groups is 1. The van der Waals surface area contributed by atoms with Gasteiger partial charge in [0.1, 0.15) is 11.6 Å². The zero-order valence-electron chi connectivity index (χ0n) is 13.3. The summed E-state index contributed by atoms with van der Waals surface area (Å²) in [4.78, 5) is 11.9. The Kier molecular flexibility index (Phi) is 4.81. The molecule has 0 saturated carbocycles. The molecular formula is C19H20FNO3. The summed E-state index contributed by atoms with van der Waals surface area (Å²) in [5, 5.41) is 13.4. The summed E-state index contributed by atoms with van der Waals surface area (Å²) in [5.74, 6) is -0.241. The molecule has 24 heavy (non-hydrogen) atoms. The molecule has 0 spiro atoms. The standard InChI is InChI=1S/C19H20FNO3/c20-16-5-7-17(8-6-16)24-12-18(22)21-13-19(23)10-9-14-3-1-2-4-15(14)11-19/h1-8,23H,9-13H2,(H,21,22). The summed E-state index contributed by atoms with van der Waals surface area (Å²) in [6.45, 7) is 0.0191. The predicted molar refractivity (Wildman–Crippen MR) is 88.3 cm³/mol. The van der Waals surface area contributed by atoms with Gasteiger partial charge in [-0.1, -0.05) is 24.3 Å². The first-order chi connectivity index (χ1) is 11.5. The highest BCUT2D eigenvalue weighted by Crippen LogP contribution is 2.28. The van der Waals surface area contributed by atoms with E-state index in [4.69, 9.17) is 4.74 Å². The van der Waals surface area contributed by atoms with E-state index in [1.165, 1.54) is 29.8 Å². The second kappa shape index (κ2) is 7.01. The number of halogens is 1. The molecule has 1 aliphatic rings. The van der Waals surface area contributed by atoms with Crippen molar-refractivity contribution in [2.75, 3.05) is 13.2 Å². The maximum Gasteiger partial charge on any atom is 0.258 e. The van der Waals surface area contributed by atoms with Crippen LogP contribution in [-0.4, -0.2) is 29.8 Å². The molecule has 2 aromatic rings. The molecule has 0 radical (unpaired) electrons. The molecule has 126 valence electrons. The van der Waals surface area contributed by atoms with Crippen molar-refractivity contribution in [3.05, 3.63) is 65.5 Å². The summed E-state index contributed by atoms with van der Waals surface area (Å²) >= 11 is 0. The molecule has 4 nitrogen and oxygen atoms in total. The van der Waals surface area contributed by atoms with Crippen LogP contribution in [0.4, 0.5) is 4.39 Å². The minimum absolute atomic E-state index is 0.168. The van der Waals surface area contributed by atoms with E-state index in [1.807, 2.05) is 18.2 Å². The number of nitrogens with one attached hydrogen (secondary N) is 1. The molecule has 2 N–H and O–H groups in total. The van der Waals surface area contributed by atoms with Gasteiger partial charge in [0.15, 0.2) is 6.61 Å². The van der Waals surface area contributed by atoms with Crippen molar-refractivity contribution in [2.45, 2.75) is 24.9 Å². The van der Waals surface area contributed by atoms with Gasteiger partial charge in [0.25, 0.3) is 5.91 Å². The second-order valence-electron chi connectivity index (χ2n) is 6.19. The number of carbonyl (C=O) groups excluding carboxylic acids is 1. The fourth-order valence-electron chi connectivity index (χ4n) is 2.93. The fraction of sp³-hybridized carbons (Fsp3) is 0.316. The summed E-state index contributed by atoms with van der Waals surface area (Å²) in [6, 6.07) is 13.5. The lowest BCUT2D eigenvalue weighted by Gasteiger charge is -2.33. The summed E-state index contributed by atoms with van der Waals surface area (Å²) in [7, 11) is 0. The Morgan fingerprint density at radius 3 is 2.62 bits per heavy atom. The molecule has 0 aliphatic heterocycles. The minimum atomic E-state index is -0.931. The third-order valence-corrected chi connectivity index (χ3v) is 4.30. The Balaban J connectivity index is 1.48. The number of carbonyl (C=O) groups is 1. The van der Waals surface area contributed by atoms with Gasteiger partial charge in [0, 0.05) is 13.0 Å². The van der Waals surface area contributed by atoms with E-state index in [9.17, 15) is 14.3 Å². The lowest BCUT2D eigenvalue weighted by atomic mass is 9.80. The van der Waals surface area contributed by atoms with E-state index in [0.717, 1.165) is 12.0 Å². The molecular weight excluding hydrogens is 309 g/mol. The smallest absolute Gasteiger partial charge is 0.258 e. The highest BCUT2D eigenvalue weighted by molar-refractivity contribution is 5.77. The topological polar surface area (TPSA) is 58.6 Å². The van der Waals surface area contributed by atoms with E-state index >= 15 is 0 Å². The van der Waals surface area contributed by atoms with Crippen molar-refractivity contribution in [1.29, 1.82) is 0 Å². The van der Waals surface area contributed by atoms with Crippen molar-refractivity contribution in [3.63, 3.8) is 0 Å². The number of benzene rings is 2. The van der Waals surface area contributed by atoms with Gasteiger partial charge in [-0.25, -0.2) is 4.39 Å². The molecule has 1 atom stereocenters. The molecule has 0 heterocycles. The van der Waals surface area contributed by atoms with Crippen LogP contribution in [-0.2, 0) is 17.6 Å². The van der Waals surface area contributed by atoms with Gasteiger partial charge in [0.05, 0.1) is 5.60 Å². The third-order valence-electron chi connectivity index (χ3n) is 4.30. The monoisotopic (exact) mass is 329 g/mol. The lowest BCUT2D eigenvalue weighted by Crippen LogP contribution is -2.47. The number of fused-ring (bicyclic) bond motifs is 1. The zero-order chi connectivity index (χ0) is 17.0. The van der Waals surface area contributed by atoms with E-state index in [0.29, 0.717) is 18.6 Å². The van der Waals surface area contributed by atoms with Gasteiger partial charge in [0.2, 0.25) is 0 Å². The summed E-state index contributed by atoms with van der Waals surface area (Å²) < 4.78 is 18.1. The third kappa shape index (κ3) is 4.11. The van der Waals surface area contributed by atoms with Crippen LogP contribution in [0.5, 0.6) is 5.75 Å². The van der Waals surface area contributed by atoms with Gasteiger partial charge < -0.3 is 15.2 Å². The highest BCUT2D eigenvalue weighted by Gasteiger charge is 2.32. The van der Waals surface area contributed by atoms with Crippen molar-refractivity contribution in [2.24, 2.45) is 0 Å². The maximum atomic E-state index is 12.8. The molecule has 3 rings (SSSR count). The highest BCUT2D eigenvalue weighted by atomic mass is 19.1. The lowest BCUT2D eigenvalue weighted by molar-refractivity contribution is -0.124. The number of amides is 1. The van der Waals surface area contributed by atoms with Gasteiger partial charge in [-0.15, -0.1) is 0 Å². The molecule has 0 aromatic heterocycles. The second-order valence-corrected chi connectivity index (χ2v) is 6.19. The molecule has 5 heteroatoms. The number of hydrogen-bond acceptors (Lipinski definition) is 3. The maximum absolute atomic E-state index is 12.8. The molecule has 2 aromatic carbocycles. The minimum Gasteiger partial charge on any atom is -0.484 e. The van der Waals surface area contributed by atoms with Crippen LogP contribution in [0.3, 0.4) is 0 Å². The molecule has 0 bridgehead atoms. The number of hydrogen-bond donors (Lipinski definition) is 2. The van der Waals surface area contributed by atoms with E-state index < -0.39 is 5.60 Å². The number of rotatable bonds is 5. The van der Waals surface area contributed by atoms with Crippen molar-refractivity contribution in [1.82, 2.24) is 5.32 Å². The average molecular weight is 329 g/mol. The average Bonchev–Trinajstić information content (AvgIpc) is 2.59. The molecule has 0 fully saturated rings. The van der Waals surface area contributed by atoms with Crippen LogP contribution < -0.4 is 10.1 Å². The Morgan fingerprint density at radius 1 is 1.17 bits per heavy atom.